The van der Waals surface area contributed by atoms with Crippen molar-refractivity contribution in [3.8, 4) is 0 Å². The highest BCUT2D eigenvalue weighted by molar-refractivity contribution is 9.10. The summed E-state index contributed by atoms with van der Waals surface area (Å²) in [7, 11) is 0. The molecule has 0 aliphatic rings. The van der Waals surface area contributed by atoms with E-state index in [0.29, 0.717) is 0 Å². The van der Waals surface area contributed by atoms with Gasteiger partial charge in [0.1, 0.15) is 0 Å². The van der Waals surface area contributed by atoms with Gasteiger partial charge in [-0.05, 0) is 47.5 Å². The summed E-state index contributed by atoms with van der Waals surface area (Å²) < 4.78 is 2.22. The van der Waals surface area contributed by atoms with Gasteiger partial charge in [0.05, 0.1) is 0 Å². The minimum Gasteiger partial charge on any atom is -0.0876 e. The monoisotopic (exact) mass is 458 g/mol. The first-order valence-electron chi connectivity index (χ1n) is 7.67. The summed E-state index contributed by atoms with van der Waals surface area (Å²) in [5, 5.41) is 2.65. The summed E-state index contributed by atoms with van der Waals surface area (Å²) in [6, 6.07) is 15.5. The van der Waals surface area contributed by atoms with Crippen LogP contribution in [-0.2, 0) is 11.8 Å². The van der Waals surface area contributed by atoms with Crippen LogP contribution in [0.25, 0.3) is 0 Å². The molecule has 0 nitrogen and oxygen atoms in total. The van der Waals surface area contributed by atoms with Crippen LogP contribution in [0.2, 0.25) is 0 Å². The molecular formula is C18H21Br2PS. The van der Waals surface area contributed by atoms with Crippen molar-refractivity contribution in [2.24, 2.45) is 0 Å². The average molecular weight is 460 g/mol. The second kappa shape index (κ2) is 8.78. The van der Waals surface area contributed by atoms with E-state index in [0.717, 1.165) is 15.1 Å². The van der Waals surface area contributed by atoms with E-state index in [1.807, 2.05) is 0 Å². The van der Waals surface area contributed by atoms with Gasteiger partial charge in [-0.2, -0.15) is 0 Å². The number of rotatable bonds is 7. The van der Waals surface area contributed by atoms with Crippen LogP contribution in [-0.4, -0.2) is 6.16 Å². The molecule has 2 aromatic rings. The smallest absolute Gasteiger partial charge is 0.0175 e. The van der Waals surface area contributed by atoms with E-state index in [1.165, 1.54) is 36.3 Å². The molecule has 0 aromatic heterocycles. The summed E-state index contributed by atoms with van der Waals surface area (Å²) in [5.74, 6) is 0. The van der Waals surface area contributed by atoms with Gasteiger partial charge in [-0.1, -0.05) is 94.1 Å². The Balaban J connectivity index is 2.33. The molecule has 4 heteroatoms. The van der Waals surface area contributed by atoms with Gasteiger partial charge < -0.3 is 0 Å². The molecule has 0 atom stereocenters. The molecular weight excluding hydrogens is 439 g/mol. The SMILES string of the molecule is CCCCCCP(=S)(c1ccc(Br)cc1)c1ccc(Br)cc1. The van der Waals surface area contributed by atoms with Crippen LogP contribution in [0.1, 0.15) is 32.6 Å². The molecule has 0 radical (unpaired) electrons. The Morgan fingerprint density at radius 2 is 1.23 bits per heavy atom. The van der Waals surface area contributed by atoms with Gasteiger partial charge in [0, 0.05) is 15.0 Å². The molecule has 0 saturated carbocycles. The minimum atomic E-state index is -1.71. The maximum absolute atomic E-state index is 6.25. The number of hydrogen-bond donors (Lipinski definition) is 0. The average Bonchev–Trinajstić information content (AvgIpc) is 2.52. The molecule has 22 heavy (non-hydrogen) atoms. The van der Waals surface area contributed by atoms with Gasteiger partial charge in [0.25, 0.3) is 0 Å². The second-order valence-electron chi connectivity index (χ2n) is 5.48. The molecule has 0 amide bonds. The molecule has 0 N–H and O–H groups in total. The molecule has 0 fully saturated rings. The van der Waals surface area contributed by atoms with Crippen LogP contribution in [0.15, 0.2) is 57.5 Å². The van der Waals surface area contributed by atoms with E-state index < -0.39 is 6.04 Å². The standard InChI is InChI=1S/C18H21Br2PS/c1-2-3-4-5-14-21(22,17-10-6-15(19)7-11-17)18-12-8-16(20)9-13-18/h6-13H,2-5,14H2,1H3. The molecule has 0 aliphatic heterocycles. The maximum atomic E-state index is 6.25. The maximum Gasteiger partial charge on any atom is 0.0175 e. The van der Waals surface area contributed by atoms with E-state index in [-0.39, 0.29) is 0 Å². The highest BCUT2D eigenvalue weighted by Crippen LogP contribution is 2.45. The van der Waals surface area contributed by atoms with Gasteiger partial charge in [0.15, 0.2) is 0 Å². The Labute approximate surface area is 156 Å². The summed E-state index contributed by atoms with van der Waals surface area (Å²) in [6.07, 6.45) is 6.18. The lowest BCUT2D eigenvalue weighted by Gasteiger charge is -2.23. The lowest BCUT2D eigenvalue weighted by Crippen LogP contribution is -2.18. The third-order valence-corrected chi connectivity index (χ3v) is 9.89. The lowest BCUT2D eigenvalue weighted by atomic mass is 10.2. The quantitative estimate of drug-likeness (QED) is 0.349. The van der Waals surface area contributed by atoms with E-state index in [9.17, 15) is 0 Å². The van der Waals surface area contributed by atoms with Crippen molar-refractivity contribution in [1.29, 1.82) is 0 Å². The first-order chi connectivity index (χ1) is 10.6. The zero-order valence-electron chi connectivity index (χ0n) is 12.8. The number of benzene rings is 2. The Morgan fingerprint density at radius 3 is 1.64 bits per heavy atom. The third-order valence-electron chi connectivity index (χ3n) is 3.81. The van der Waals surface area contributed by atoms with Crippen LogP contribution < -0.4 is 10.6 Å². The van der Waals surface area contributed by atoms with E-state index in [1.54, 1.807) is 0 Å². The molecule has 0 spiro atoms. The van der Waals surface area contributed by atoms with Crippen LogP contribution in [0, 0.1) is 0 Å². The van der Waals surface area contributed by atoms with E-state index in [4.69, 9.17) is 11.8 Å². The first-order valence-corrected chi connectivity index (χ1v) is 12.2. The van der Waals surface area contributed by atoms with Crippen molar-refractivity contribution in [3.05, 3.63) is 57.5 Å². The number of halogens is 2. The van der Waals surface area contributed by atoms with Crippen LogP contribution in [0.4, 0.5) is 0 Å². The number of hydrogen-bond acceptors (Lipinski definition) is 1. The normalized spacial score (nSPS) is 11.6. The summed E-state index contributed by atoms with van der Waals surface area (Å²) in [4.78, 5) is 0. The first kappa shape index (κ1) is 18.4. The molecule has 0 saturated heterocycles. The molecule has 2 aromatic carbocycles. The van der Waals surface area contributed by atoms with E-state index in [2.05, 4.69) is 87.3 Å². The van der Waals surface area contributed by atoms with Gasteiger partial charge in [-0.25, -0.2) is 0 Å². The second-order valence-corrected chi connectivity index (χ2v) is 12.1. The summed E-state index contributed by atoms with van der Waals surface area (Å²) in [6.45, 7) is 2.25. The number of unbranched alkanes of at least 4 members (excludes halogenated alkanes) is 3. The van der Waals surface area contributed by atoms with Gasteiger partial charge in [-0.3, -0.25) is 0 Å². The van der Waals surface area contributed by atoms with E-state index >= 15 is 0 Å². The van der Waals surface area contributed by atoms with Crippen LogP contribution in [0.5, 0.6) is 0 Å². The fourth-order valence-corrected chi connectivity index (χ4v) is 6.92. The van der Waals surface area contributed by atoms with Gasteiger partial charge in [0.2, 0.25) is 0 Å². The Bertz CT molecular complexity index is 586. The largest absolute Gasteiger partial charge is 0.0876 e. The zero-order chi connectivity index (χ0) is 16.0. The minimum absolute atomic E-state index is 1.11. The van der Waals surface area contributed by atoms with Gasteiger partial charge >= 0.3 is 0 Å². The van der Waals surface area contributed by atoms with Crippen molar-refractivity contribution >= 4 is 60.3 Å². The molecule has 0 aliphatic carbocycles. The third kappa shape index (κ3) is 4.77. The lowest BCUT2D eigenvalue weighted by molar-refractivity contribution is 0.705. The Hall–Kier alpha value is 0.0500. The highest BCUT2D eigenvalue weighted by Gasteiger charge is 2.21. The van der Waals surface area contributed by atoms with Crippen molar-refractivity contribution in [2.75, 3.05) is 6.16 Å². The van der Waals surface area contributed by atoms with Crippen molar-refractivity contribution in [3.63, 3.8) is 0 Å². The molecule has 0 heterocycles. The van der Waals surface area contributed by atoms with Crippen LogP contribution in [0.3, 0.4) is 0 Å². The fraction of sp³-hybridized carbons (Fsp3) is 0.333. The Morgan fingerprint density at radius 1 is 0.773 bits per heavy atom. The molecule has 118 valence electrons. The predicted molar refractivity (Wildman–Crippen MR) is 111 cm³/mol. The Kier molecular flexibility index (Phi) is 7.34. The fourth-order valence-electron chi connectivity index (χ4n) is 2.53. The van der Waals surface area contributed by atoms with Crippen molar-refractivity contribution in [1.82, 2.24) is 0 Å². The zero-order valence-corrected chi connectivity index (χ0v) is 17.6. The predicted octanol–water partition coefficient (Wildman–Crippen LogP) is 6.22. The topological polar surface area (TPSA) is 0 Å². The summed E-state index contributed by atoms with van der Waals surface area (Å²) in [5.41, 5.74) is 0. The highest BCUT2D eigenvalue weighted by atomic mass is 79.9. The van der Waals surface area contributed by atoms with Crippen molar-refractivity contribution in [2.45, 2.75) is 32.6 Å². The molecule has 0 unspecified atom stereocenters. The van der Waals surface area contributed by atoms with Crippen LogP contribution >= 0.6 is 37.9 Å². The summed E-state index contributed by atoms with van der Waals surface area (Å²) >= 11 is 13.3. The van der Waals surface area contributed by atoms with Crippen molar-refractivity contribution < 1.29 is 0 Å². The van der Waals surface area contributed by atoms with Gasteiger partial charge in [-0.15, -0.1) is 0 Å². The molecule has 0 bridgehead atoms. The molecule has 2 rings (SSSR count).